The zero-order valence-electron chi connectivity index (χ0n) is 30.8. The second-order valence-corrected chi connectivity index (χ2v) is 14.4. The summed E-state index contributed by atoms with van der Waals surface area (Å²) in [5.41, 5.74) is 14.0. The summed E-state index contributed by atoms with van der Waals surface area (Å²) < 4.78 is 13.1. The average molecular weight is 731 g/mol. The van der Waals surface area contributed by atoms with E-state index in [9.17, 15) is 0 Å². The van der Waals surface area contributed by atoms with Crippen molar-refractivity contribution < 1.29 is 8.83 Å². The first-order chi connectivity index (χ1) is 28.2. The molecule has 4 nitrogen and oxygen atoms in total. The first kappa shape index (κ1) is 32.7. The van der Waals surface area contributed by atoms with Crippen molar-refractivity contribution in [3.8, 4) is 44.8 Å². The number of oxazole rings is 1. The van der Waals surface area contributed by atoms with E-state index in [4.69, 9.17) is 13.8 Å². The van der Waals surface area contributed by atoms with Gasteiger partial charge in [-0.25, -0.2) is 4.98 Å². The van der Waals surface area contributed by atoms with Gasteiger partial charge in [0.15, 0.2) is 11.2 Å². The van der Waals surface area contributed by atoms with E-state index in [1.807, 2.05) is 42.5 Å². The van der Waals surface area contributed by atoms with Gasteiger partial charge in [-0.1, -0.05) is 152 Å². The van der Waals surface area contributed by atoms with Crippen LogP contribution < -0.4 is 4.90 Å². The summed E-state index contributed by atoms with van der Waals surface area (Å²) in [6.07, 6.45) is 0. The number of furan rings is 1. The van der Waals surface area contributed by atoms with Gasteiger partial charge in [0, 0.05) is 33.8 Å². The third kappa shape index (κ3) is 5.83. The molecule has 0 N–H and O–H groups in total. The molecule has 268 valence electrons. The van der Waals surface area contributed by atoms with Crippen LogP contribution in [-0.4, -0.2) is 4.98 Å². The van der Waals surface area contributed by atoms with E-state index in [1.54, 1.807) is 0 Å². The van der Waals surface area contributed by atoms with E-state index in [2.05, 4.69) is 169 Å². The molecular weight excluding hydrogens is 697 g/mol. The van der Waals surface area contributed by atoms with E-state index in [-0.39, 0.29) is 0 Å². The second kappa shape index (κ2) is 13.6. The third-order valence-corrected chi connectivity index (χ3v) is 10.9. The highest BCUT2D eigenvalue weighted by Crippen LogP contribution is 2.44. The van der Waals surface area contributed by atoms with Crippen LogP contribution in [0.3, 0.4) is 0 Å². The van der Waals surface area contributed by atoms with E-state index in [0.29, 0.717) is 11.5 Å². The predicted octanol–water partition coefficient (Wildman–Crippen LogP) is 15.0. The second-order valence-electron chi connectivity index (χ2n) is 14.4. The molecule has 0 unspecified atom stereocenters. The summed E-state index contributed by atoms with van der Waals surface area (Å²) in [5.74, 6) is 0.594. The average Bonchev–Trinajstić information content (AvgIpc) is 3.88. The number of aromatic nitrogens is 1. The highest BCUT2D eigenvalue weighted by molar-refractivity contribution is 6.13. The Labute approximate surface area is 329 Å². The van der Waals surface area contributed by atoms with Crippen LogP contribution in [0.1, 0.15) is 0 Å². The zero-order chi connectivity index (χ0) is 37.7. The molecule has 0 bridgehead atoms. The van der Waals surface area contributed by atoms with Crippen molar-refractivity contribution in [2.24, 2.45) is 0 Å². The summed E-state index contributed by atoms with van der Waals surface area (Å²) in [4.78, 5) is 7.17. The number of benzene rings is 9. The molecule has 11 rings (SSSR count). The molecule has 0 aliphatic carbocycles. The first-order valence-electron chi connectivity index (χ1n) is 19.2. The maximum Gasteiger partial charge on any atom is 0.227 e. The van der Waals surface area contributed by atoms with E-state index >= 15 is 0 Å². The van der Waals surface area contributed by atoms with Crippen molar-refractivity contribution in [1.82, 2.24) is 4.98 Å². The van der Waals surface area contributed by atoms with Gasteiger partial charge in [-0.05, 0) is 92.7 Å². The molecule has 9 aromatic carbocycles. The van der Waals surface area contributed by atoms with Crippen molar-refractivity contribution in [1.29, 1.82) is 0 Å². The summed E-state index contributed by atoms with van der Waals surface area (Å²) in [6, 6.07) is 72.4. The molecule has 4 heteroatoms. The Bertz CT molecular complexity index is 3210. The van der Waals surface area contributed by atoms with Crippen molar-refractivity contribution >= 4 is 60.9 Å². The van der Waals surface area contributed by atoms with Crippen LogP contribution in [0, 0.1) is 0 Å². The third-order valence-electron chi connectivity index (χ3n) is 10.9. The summed E-state index contributed by atoms with van der Waals surface area (Å²) in [5, 5.41) is 4.44. The Kier molecular flexibility index (Phi) is 7.78. The minimum atomic E-state index is 0.594. The van der Waals surface area contributed by atoms with Crippen LogP contribution >= 0.6 is 0 Å². The molecule has 0 aliphatic heterocycles. The number of hydrogen-bond acceptors (Lipinski definition) is 4. The fourth-order valence-electron chi connectivity index (χ4n) is 8.09. The van der Waals surface area contributed by atoms with Crippen LogP contribution in [0.2, 0.25) is 0 Å². The van der Waals surface area contributed by atoms with Gasteiger partial charge in [0.05, 0.1) is 5.69 Å². The molecular formula is C53H34N2O2. The van der Waals surface area contributed by atoms with Gasteiger partial charge in [0.2, 0.25) is 5.89 Å². The van der Waals surface area contributed by atoms with E-state index < -0.39 is 0 Å². The maximum absolute atomic E-state index is 6.81. The molecule has 11 aromatic rings. The minimum absolute atomic E-state index is 0.594. The summed E-state index contributed by atoms with van der Waals surface area (Å²) in [7, 11) is 0. The Morgan fingerprint density at radius 3 is 1.74 bits per heavy atom. The van der Waals surface area contributed by atoms with E-state index in [1.165, 1.54) is 33.0 Å². The zero-order valence-corrected chi connectivity index (χ0v) is 30.8. The number of hydrogen-bond donors (Lipinski definition) is 0. The highest BCUT2D eigenvalue weighted by atomic mass is 16.4. The first-order valence-corrected chi connectivity index (χ1v) is 19.2. The molecule has 0 fully saturated rings. The number of rotatable bonds is 7. The van der Waals surface area contributed by atoms with Gasteiger partial charge in [0.25, 0.3) is 0 Å². The van der Waals surface area contributed by atoms with Crippen LogP contribution in [0.5, 0.6) is 0 Å². The number of fused-ring (bicyclic) bond motifs is 5. The van der Waals surface area contributed by atoms with Gasteiger partial charge in [-0.2, -0.15) is 0 Å². The quantitative estimate of drug-likeness (QED) is 0.164. The summed E-state index contributed by atoms with van der Waals surface area (Å²) in [6.45, 7) is 0. The van der Waals surface area contributed by atoms with E-state index in [0.717, 1.165) is 61.2 Å². The molecule has 0 atom stereocenters. The monoisotopic (exact) mass is 730 g/mol. The number of nitrogens with zero attached hydrogens (tertiary/aromatic N) is 2. The molecule has 0 saturated carbocycles. The van der Waals surface area contributed by atoms with Gasteiger partial charge in [0.1, 0.15) is 11.1 Å². The van der Waals surface area contributed by atoms with Gasteiger partial charge in [-0.3, -0.25) is 0 Å². The largest absolute Gasteiger partial charge is 0.454 e. The molecule has 57 heavy (non-hydrogen) atoms. The lowest BCUT2D eigenvalue weighted by Crippen LogP contribution is -2.10. The molecule has 2 aromatic heterocycles. The topological polar surface area (TPSA) is 42.4 Å². The van der Waals surface area contributed by atoms with Crippen molar-refractivity contribution in [2.45, 2.75) is 0 Å². The lowest BCUT2D eigenvalue weighted by Gasteiger charge is -2.26. The van der Waals surface area contributed by atoms with Crippen LogP contribution in [0.4, 0.5) is 17.1 Å². The number of anilines is 3. The minimum Gasteiger partial charge on any atom is -0.454 e. The Morgan fingerprint density at radius 2 is 0.965 bits per heavy atom. The smallest absolute Gasteiger partial charge is 0.227 e. The molecule has 0 radical (unpaired) electrons. The molecule has 0 saturated heterocycles. The van der Waals surface area contributed by atoms with Crippen LogP contribution in [0.15, 0.2) is 215 Å². The Balaban J connectivity index is 1.04. The summed E-state index contributed by atoms with van der Waals surface area (Å²) >= 11 is 0. The fourth-order valence-corrected chi connectivity index (χ4v) is 8.09. The fraction of sp³-hybridized carbons (Fsp3) is 0. The Morgan fingerprint density at radius 1 is 0.368 bits per heavy atom. The predicted molar refractivity (Wildman–Crippen MR) is 235 cm³/mol. The molecule has 0 spiro atoms. The lowest BCUT2D eigenvalue weighted by molar-refractivity contribution is 0.617. The molecule has 0 amide bonds. The standard InChI is InChI=1S/C53H34N2O2/c1-3-12-35(13-4-1)36-24-26-37(27-25-36)38-28-30-42(31-29-38)55(43-19-9-18-41(32-43)45-21-10-17-39-14-7-8-20-44(39)45)49-23-11-22-46-47-33-48-51(34-50(47)56-52(46)49)57-53(54-48)40-15-5-2-6-16-40/h1-34H. The maximum atomic E-state index is 6.81. The molecule has 0 aliphatic rings. The molecule has 2 heterocycles. The van der Waals surface area contributed by atoms with Crippen molar-refractivity contribution in [2.75, 3.05) is 4.90 Å². The Hall–Kier alpha value is -7.69. The van der Waals surface area contributed by atoms with Crippen molar-refractivity contribution in [3.05, 3.63) is 206 Å². The lowest BCUT2D eigenvalue weighted by atomic mass is 9.97. The van der Waals surface area contributed by atoms with Gasteiger partial charge < -0.3 is 13.7 Å². The highest BCUT2D eigenvalue weighted by Gasteiger charge is 2.21. The van der Waals surface area contributed by atoms with Gasteiger partial charge >= 0.3 is 0 Å². The number of para-hydroxylation sites is 1. The van der Waals surface area contributed by atoms with Crippen LogP contribution in [0.25, 0.3) is 88.6 Å². The normalized spacial score (nSPS) is 11.5. The van der Waals surface area contributed by atoms with Gasteiger partial charge in [-0.15, -0.1) is 0 Å². The SMILES string of the molecule is c1ccc(-c2ccc(-c3ccc(N(c4cccc(-c5cccc6ccccc56)c4)c4cccc5c4oc4cc6oc(-c7ccccc7)nc6cc45)cc3)cc2)cc1. The van der Waals surface area contributed by atoms with Crippen LogP contribution in [-0.2, 0) is 0 Å². The van der Waals surface area contributed by atoms with Crippen molar-refractivity contribution in [3.63, 3.8) is 0 Å².